The Labute approximate surface area is 97.6 Å². The molecule has 0 spiro atoms. The van der Waals surface area contributed by atoms with Gasteiger partial charge in [0, 0.05) is 13.2 Å². The minimum atomic E-state index is -0.718. The monoisotopic (exact) mass is 229 g/mol. The molecule has 1 aliphatic carbocycles. The Morgan fingerprint density at radius 1 is 1.56 bits per heavy atom. The average molecular weight is 229 g/mol. The molecular formula is C12H23NO3. The van der Waals surface area contributed by atoms with Crippen LogP contribution < -0.4 is 0 Å². The quantitative estimate of drug-likeness (QED) is 0.780. The number of carbonyl (C=O) groups is 1. The Morgan fingerprint density at radius 3 is 2.75 bits per heavy atom. The molecule has 0 bridgehead atoms. The molecule has 1 rings (SSSR count). The van der Waals surface area contributed by atoms with Crippen LogP contribution >= 0.6 is 0 Å². The second-order valence-electron chi connectivity index (χ2n) is 4.61. The first kappa shape index (κ1) is 13.5. The second-order valence-corrected chi connectivity index (χ2v) is 4.61. The number of rotatable bonds is 5. The zero-order valence-corrected chi connectivity index (χ0v) is 10.5. The molecule has 1 N–H and O–H groups in total. The van der Waals surface area contributed by atoms with Crippen LogP contribution in [-0.4, -0.2) is 48.3 Å². The minimum absolute atomic E-state index is 0.299. The van der Waals surface area contributed by atoms with Crippen LogP contribution in [0.1, 0.15) is 39.0 Å². The van der Waals surface area contributed by atoms with Crippen molar-refractivity contribution in [3.05, 3.63) is 0 Å². The predicted octanol–water partition coefficient (Wildman–Crippen LogP) is 1.74. The largest absolute Gasteiger partial charge is 0.480 e. The normalized spacial score (nSPS) is 28.0. The van der Waals surface area contributed by atoms with Gasteiger partial charge in [-0.2, -0.15) is 0 Å². The topological polar surface area (TPSA) is 49.8 Å². The van der Waals surface area contributed by atoms with Gasteiger partial charge in [0.2, 0.25) is 0 Å². The molecule has 1 aliphatic rings. The molecule has 0 aromatic heterocycles. The van der Waals surface area contributed by atoms with Gasteiger partial charge in [0.25, 0.3) is 0 Å². The van der Waals surface area contributed by atoms with Gasteiger partial charge in [-0.25, -0.2) is 0 Å². The maximum absolute atomic E-state index is 11.1. The molecule has 4 heteroatoms. The number of carboxylic acid groups (broad SMARTS) is 1. The molecule has 1 saturated carbocycles. The standard InChI is InChI=1S/C12H23NO3/c1-4-11(12(14)15)13(2)9-6-5-7-10(8-9)16-3/h9-11H,4-8H2,1-3H3,(H,14,15). The highest BCUT2D eigenvalue weighted by molar-refractivity contribution is 5.73. The third-order valence-corrected chi connectivity index (χ3v) is 3.67. The molecule has 0 aliphatic heterocycles. The number of methoxy groups -OCH3 is 1. The summed E-state index contributed by atoms with van der Waals surface area (Å²) in [6, 6.07) is -0.0136. The number of ether oxygens (including phenoxy) is 1. The van der Waals surface area contributed by atoms with Crippen molar-refractivity contribution in [1.29, 1.82) is 0 Å². The van der Waals surface area contributed by atoms with Gasteiger partial charge in [-0.1, -0.05) is 6.92 Å². The summed E-state index contributed by atoms with van der Waals surface area (Å²) >= 11 is 0. The molecule has 0 aromatic rings. The van der Waals surface area contributed by atoms with Gasteiger partial charge in [0.1, 0.15) is 6.04 Å². The van der Waals surface area contributed by atoms with Crippen LogP contribution in [0.4, 0.5) is 0 Å². The maximum Gasteiger partial charge on any atom is 0.320 e. The lowest BCUT2D eigenvalue weighted by atomic mass is 9.91. The lowest BCUT2D eigenvalue weighted by Crippen LogP contribution is -2.47. The second kappa shape index (κ2) is 6.21. The maximum atomic E-state index is 11.1. The molecule has 16 heavy (non-hydrogen) atoms. The summed E-state index contributed by atoms with van der Waals surface area (Å²) in [5.41, 5.74) is 0. The summed E-state index contributed by atoms with van der Waals surface area (Å²) in [6.45, 7) is 1.92. The van der Waals surface area contributed by atoms with E-state index < -0.39 is 5.97 Å². The Bertz CT molecular complexity index is 232. The third kappa shape index (κ3) is 3.19. The van der Waals surface area contributed by atoms with Crippen LogP contribution in [0.25, 0.3) is 0 Å². The number of likely N-dealkylation sites (N-methyl/N-ethyl adjacent to an activating group) is 1. The number of carboxylic acids is 1. The number of aliphatic carboxylic acids is 1. The van der Waals surface area contributed by atoms with Gasteiger partial charge in [-0.15, -0.1) is 0 Å². The van der Waals surface area contributed by atoms with Crippen LogP contribution in [0.5, 0.6) is 0 Å². The lowest BCUT2D eigenvalue weighted by Gasteiger charge is -2.37. The van der Waals surface area contributed by atoms with Gasteiger partial charge < -0.3 is 9.84 Å². The van der Waals surface area contributed by atoms with Crippen molar-refractivity contribution in [2.75, 3.05) is 14.2 Å². The van der Waals surface area contributed by atoms with E-state index in [1.807, 2.05) is 18.9 Å². The Kier molecular flexibility index (Phi) is 5.22. The molecule has 0 amide bonds. The van der Waals surface area contributed by atoms with Crippen LogP contribution in [0, 0.1) is 0 Å². The van der Waals surface area contributed by atoms with Gasteiger partial charge in [0.05, 0.1) is 6.10 Å². The molecule has 3 atom stereocenters. The molecule has 0 saturated heterocycles. The van der Waals surface area contributed by atoms with Crippen molar-refractivity contribution < 1.29 is 14.6 Å². The van der Waals surface area contributed by atoms with Crippen LogP contribution in [0.15, 0.2) is 0 Å². The first-order valence-corrected chi connectivity index (χ1v) is 6.07. The highest BCUT2D eigenvalue weighted by atomic mass is 16.5. The van der Waals surface area contributed by atoms with Crippen LogP contribution in [0.2, 0.25) is 0 Å². The van der Waals surface area contributed by atoms with E-state index in [1.165, 1.54) is 0 Å². The van der Waals surface area contributed by atoms with Crippen LogP contribution in [-0.2, 0) is 9.53 Å². The van der Waals surface area contributed by atoms with Crippen molar-refractivity contribution in [2.24, 2.45) is 0 Å². The zero-order valence-electron chi connectivity index (χ0n) is 10.5. The summed E-state index contributed by atoms with van der Waals surface area (Å²) in [5.74, 6) is -0.718. The fourth-order valence-corrected chi connectivity index (χ4v) is 2.60. The Hall–Kier alpha value is -0.610. The Morgan fingerprint density at radius 2 is 2.25 bits per heavy atom. The van der Waals surface area contributed by atoms with E-state index in [9.17, 15) is 4.79 Å². The van der Waals surface area contributed by atoms with E-state index in [2.05, 4.69) is 0 Å². The first-order chi connectivity index (χ1) is 7.60. The Balaban J connectivity index is 2.57. The molecule has 3 unspecified atom stereocenters. The van der Waals surface area contributed by atoms with Crippen molar-refractivity contribution in [3.63, 3.8) is 0 Å². The molecular weight excluding hydrogens is 206 g/mol. The highest BCUT2D eigenvalue weighted by Crippen LogP contribution is 2.25. The van der Waals surface area contributed by atoms with Gasteiger partial charge in [-0.3, -0.25) is 9.69 Å². The van der Waals surface area contributed by atoms with E-state index >= 15 is 0 Å². The fraction of sp³-hybridized carbons (Fsp3) is 0.917. The summed E-state index contributed by atoms with van der Waals surface area (Å²) in [5, 5.41) is 9.12. The smallest absolute Gasteiger partial charge is 0.320 e. The summed E-state index contributed by atoms with van der Waals surface area (Å²) in [7, 11) is 3.66. The molecule has 1 fully saturated rings. The molecule has 0 radical (unpaired) electrons. The van der Waals surface area contributed by atoms with E-state index in [-0.39, 0.29) is 6.04 Å². The number of hydrogen-bond acceptors (Lipinski definition) is 3. The van der Waals surface area contributed by atoms with Gasteiger partial charge in [-0.05, 0) is 39.2 Å². The molecule has 4 nitrogen and oxygen atoms in total. The van der Waals surface area contributed by atoms with E-state index in [0.717, 1.165) is 25.7 Å². The zero-order chi connectivity index (χ0) is 12.1. The number of nitrogens with zero attached hydrogens (tertiary/aromatic N) is 1. The van der Waals surface area contributed by atoms with E-state index in [0.29, 0.717) is 18.6 Å². The first-order valence-electron chi connectivity index (χ1n) is 6.07. The molecule has 94 valence electrons. The molecule has 0 aromatic carbocycles. The van der Waals surface area contributed by atoms with E-state index in [1.54, 1.807) is 7.11 Å². The lowest BCUT2D eigenvalue weighted by molar-refractivity contribution is -0.144. The summed E-state index contributed by atoms with van der Waals surface area (Å²) < 4.78 is 5.37. The van der Waals surface area contributed by atoms with Crippen molar-refractivity contribution >= 4 is 5.97 Å². The van der Waals surface area contributed by atoms with Crippen LogP contribution in [0.3, 0.4) is 0 Å². The van der Waals surface area contributed by atoms with Crippen molar-refractivity contribution in [2.45, 2.75) is 57.2 Å². The molecule has 0 heterocycles. The van der Waals surface area contributed by atoms with Crippen molar-refractivity contribution in [1.82, 2.24) is 4.90 Å². The summed E-state index contributed by atoms with van der Waals surface area (Å²) in [4.78, 5) is 13.1. The minimum Gasteiger partial charge on any atom is -0.480 e. The predicted molar refractivity (Wildman–Crippen MR) is 62.5 cm³/mol. The SMILES string of the molecule is CCC(C(=O)O)N(C)C1CCCC(OC)C1. The number of hydrogen-bond donors (Lipinski definition) is 1. The summed E-state index contributed by atoms with van der Waals surface area (Å²) in [6.07, 6.45) is 5.22. The average Bonchev–Trinajstić information content (AvgIpc) is 2.29. The third-order valence-electron chi connectivity index (χ3n) is 3.67. The van der Waals surface area contributed by atoms with E-state index in [4.69, 9.17) is 9.84 Å². The van der Waals surface area contributed by atoms with Gasteiger partial charge >= 0.3 is 5.97 Å². The van der Waals surface area contributed by atoms with Gasteiger partial charge in [0.15, 0.2) is 0 Å². The van der Waals surface area contributed by atoms with Crippen molar-refractivity contribution in [3.8, 4) is 0 Å². The fourth-order valence-electron chi connectivity index (χ4n) is 2.60. The highest BCUT2D eigenvalue weighted by Gasteiger charge is 2.30.